The Bertz CT molecular complexity index is 1820. The molecule has 49 heavy (non-hydrogen) atoms. The van der Waals surface area contributed by atoms with Crippen molar-refractivity contribution >= 4 is 28.7 Å². The van der Waals surface area contributed by atoms with Gasteiger partial charge in [-0.3, -0.25) is 29.4 Å². The van der Waals surface area contributed by atoms with Crippen LogP contribution in [0.1, 0.15) is 32.1 Å². The van der Waals surface area contributed by atoms with Crippen LogP contribution in [0.3, 0.4) is 0 Å². The van der Waals surface area contributed by atoms with Crippen LogP contribution < -0.4 is 14.4 Å². The number of H-pyrrole nitrogens is 1. The lowest BCUT2D eigenvalue weighted by molar-refractivity contribution is -0.125. The molecule has 3 heterocycles. The highest BCUT2D eigenvalue weighted by molar-refractivity contribution is 6.07. The van der Waals surface area contributed by atoms with Gasteiger partial charge in [-0.05, 0) is 82.6 Å². The van der Waals surface area contributed by atoms with Crippen molar-refractivity contribution in [1.82, 2.24) is 34.9 Å². The number of hydrogen-bond acceptors (Lipinski definition) is 9. The summed E-state index contributed by atoms with van der Waals surface area (Å²) in [6.07, 6.45) is 13.9. The number of aromatic amines is 1. The average Bonchev–Trinajstić information content (AvgIpc) is 4.05. The van der Waals surface area contributed by atoms with Crippen LogP contribution in [0.2, 0.25) is 0 Å². The Labute approximate surface area is 286 Å². The molecule has 2 amide bonds. The third kappa shape index (κ3) is 7.98. The number of carbonyl (C=O) groups is 2. The molecule has 1 aliphatic heterocycles. The van der Waals surface area contributed by atoms with Crippen LogP contribution in [0.4, 0.5) is 5.82 Å². The molecule has 7 rings (SSSR count). The van der Waals surface area contributed by atoms with Gasteiger partial charge in [0, 0.05) is 50.4 Å². The molecule has 3 fully saturated rings. The summed E-state index contributed by atoms with van der Waals surface area (Å²) >= 11 is 0. The van der Waals surface area contributed by atoms with E-state index >= 15 is 0 Å². The highest BCUT2D eigenvalue weighted by Gasteiger charge is 2.36. The summed E-state index contributed by atoms with van der Waals surface area (Å²) in [5.74, 6) is 2.27. The normalized spacial score (nSPS) is 18.0. The lowest BCUT2D eigenvalue weighted by Gasteiger charge is -2.26. The minimum Gasteiger partial charge on any atom is -0.457 e. The van der Waals surface area contributed by atoms with Crippen molar-refractivity contribution in [3.63, 3.8) is 0 Å². The summed E-state index contributed by atoms with van der Waals surface area (Å²) in [4.78, 5) is 44.0. The standard InChI is InChI=1S/C37H42N8O4/c1-42(26-12-13-26)21-6-10-32(46)44-23-20-28(24-44)45(33(47)11-7-22-43(2)27-14-15-27)36-34-35(40-41-36)38-25-39-37(34)49-31-18-16-30(17-19-31)48-29-8-4-3-5-9-29/h3-11,16-19,25-28H,12-15,20-24H2,1-2H3,(H,38,39,40,41)/t28-/m1/s1. The number of fused-ring (bicyclic) bond motifs is 1. The molecule has 12 nitrogen and oxygen atoms in total. The fourth-order valence-electron chi connectivity index (χ4n) is 6.15. The number of nitrogens with zero attached hydrogens (tertiary/aromatic N) is 7. The second kappa shape index (κ2) is 14.6. The maximum absolute atomic E-state index is 14.0. The molecule has 0 spiro atoms. The first kappa shape index (κ1) is 32.5. The third-order valence-electron chi connectivity index (χ3n) is 9.27. The number of rotatable bonds is 14. The van der Waals surface area contributed by atoms with Crippen molar-refractivity contribution in [3.05, 3.63) is 85.2 Å². The first-order valence-corrected chi connectivity index (χ1v) is 17.0. The summed E-state index contributed by atoms with van der Waals surface area (Å²) < 4.78 is 12.2. The number of para-hydroxylation sites is 1. The first-order chi connectivity index (χ1) is 23.9. The van der Waals surface area contributed by atoms with E-state index in [1.165, 1.54) is 32.0 Å². The van der Waals surface area contributed by atoms with Gasteiger partial charge in [-0.15, -0.1) is 0 Å². The number of benzene rings is 2. The van der Waals surface area contributed by atoms with Crippen molar-refractivity contribution in [3.8, 4) is 23.1 Å². The van der Waals surface area contributed by atoms with Gasteiger partial charge in [0.2, 0.25) is 11.8 Å². The largest absolute Gasteiger partial charge is 0.457 e. The summed E-state index contributed by atoms with van der Waals surface area (Å²) in [5, 5.41) is 8.03. The van der Waals surface area contributed by atoms with E-state index in [9.17, 15) is 9.59 Å². The monoisotopic (exact) mass is 662 g/mol. The van der Waals surface area contributed by atoms with E-state index in [4.69, 9.17) is 9.47 Å². The number of carbonyl (C=O) groups excluding carboxylic acids is 2. The van der Waals surface area contributed by atoms with Crippen LogP contribution in [0.15, 0.2) is 85.2 Å². The smallest absolute Gasteiger partial charge is 0.252 e. The van der Waals surface area contributed by atoms with Gasteiger partial charge in [-0.1, -0.05) is 30.4 Å². The summed E-state index contributed by atoms with van der Waals surface area (Å²) in [6, 6.07) is 17.7. The van der Waals surface area contributed by atoms with Crippen LogP contribution in [0, 0.1) is 0 Å². The molecule has 0 unspecified atom stereocenters. The Morgan fingerprint density at radius 2 is 1.45 bits per heavy atom. The summed E-state index contributed by atoms with van der Waals surface area (Å²) in [5.41, 5.74) is 0.438. The third-order valence-corrected chi connectivity index (χ3v) is 9.27. The number of likely N-dealkylation sites (N-methyl/N-ethyl adjacent to an activating group) is 2. The van der Waals surface area contributed by atoms with E-state index in [-0.39, 0.29) is 23.7 Å². The maximum Gasteiger partial charge on any atom is 0.252 e. The lowest BCUT2D eigenvalue weighted by atomic mass is 10.2. The predicted octanol–water partition coefficient (Wildman–Crippen LogP) is 5.17. The molecule has 0 radical (unpaired) electrons. The molecule has 0 bridgehead atoms. The number of anilines is 1. The van der Waals surface area contributed by atoms with Crippen LogP contribution in [0.25, 0.3) is 11.0 Å². The molecule has 1 atom stereocenters. The van der Waals surface area contributed by atoms with Crippen molar-refractivity contribution in [2.24, 2.45) is 0 Å². The molecule has 12 heteroatoms. The Kier molecular flexibility index (Phi) is 9.67. The minimum absolute atomic E-state index is 0.0559. The van der Waals surface area contributed by atoms with Gasteiger partial charge in [-0.25, -0.2) is 9.97 Å². The van der Waals surface area contributed by atoms with Crippen LogP contribution in [-0.2, 0) is 9.59 Å². The van der Waals surface area contributed by atoms with Crippen LogP contribution in [0.5, 0.6) is 23.1 Å². The Balaban J connectivity index is 1.12. The number of nitrogens with one attached hydrogen (secondary N) is 1. The fraction of sp³-hybridized carbons (Fsp3) is 0.378. The zero-order valence-electron chi connectivity index (χ0n) is 27.9. The fourth-order valence-corrected chi connectivity index (χ4v) is 6.15. The number of amides is 2. The van der Waals surface area contributed by atoms with Gasteiger partial charge in [0.15, 0.2) is 11.5 Å². The van der Waals surface area contributed by atoms with Crippen LogP contribution in [-0.4, -0.2) is 105 Å². The van der Waals surface area contributed by atoms with Gasteiger partial charge < -0.3 is 14.4 Å². The van der Waals surface area contributed by atoms with Crippen LogP contribution >= 0.6 is 0 Å². The molecule has 4 aromatic rings. The minimum atomic E-state index is -0.307. The summed E-state index contributed by atoms with van der Waals surface area (Å²) in [7, 11) is 4.16. The number of hydrogen-bond donors (Lipinski definition) is 1. The lowest BCUT2D eigenvalue weighted by Crippen LogP contribution is -2.42. The van der Waals surface area contributed by atoms with E-state index in [0.29, 0.717) is 66.5 Å². The second-order valence-corrected chi connectivity index (χ2v) is 13.0. The molecule has 2 aliphatic carbocycles. The average molecular weight is 663 g/mol. The summed E-state index contributed by atoms with van der Waals surface area (Å²) in [6.45, 7) is 2.32. The predicted molar refractivity (Wildman–Crippen MR) is 187 cm³/mol. The van der Waals surface area contributed by atoms with Gasteiger partial charge >= 0.3 is 0 Å². The SMILES string of the molecule is CN(CC=CC(=O)N1CC[C@@H](N(C(=O)C=CCN(C)C2CC2)c2n[nH]c3ncnc(Oc4ccc(Oc5ccccc5)cc4)c23)C1)C1CC1. The number of aromatic nitrogens is 4. The van der Waals surface area contributed by atoms with Crippen molar-refractivity contribution in [2.45, 2.75) is 50.2 Å². The molecule has 3 aliphatic rings. The highest BCUT2D eigenvalue weighted by atomic mass is 16.5. The quantitative estimate of drug-likeness (QED) is 0.182. The van der Waals surface area contributed by atoms with Crippen molar-refractivity contribution in [1.29, 1.82) is 0 Å². The topological polar surface area (TPSA) is 120 Å². The number of ether oxygens (including phenoxy) is 2. The van der Waals surface area contributed by atoms with Gasteiger partial charge in [0.25, 0.3) is 5.91 Å². The molecular weight excluding hydrogens is 620 g/mol. The number of likely N-dealkylation sites (tertiary alicyclic amines) is 1. The molecule has 2 aromatic carbocycles. The first-order valence-electron chi connectivity index (χ1n) is 17.0. The van der Waals surface area contributed by atoms with E-state index in [1.807, 2.05) is 54.6 Å². The van der Waals surface area contributed by atoms with Gasteiger partial charge in [0.1, 0.15) is 29.0 Å². The maximum atomic E-state index is 14.0. The second-order valence-electron chi connectivity index (χ2n) is 13.0. The molecule has 254 valence electrons. The molecule has 1 N–H and O–H groups in total. The molecule has 2 aromatic heterocycles. The van der Waals surface area contributed by atoms with Crippen molar-refractivity contribution < 1.29 is 19.1 Å². The molecule has 2 saturated carbocycles. The highest BCUT2D eigenvalue weighted by Crippen LogP contribution is 2.36. The zero-order valence-corrected chi connectivity index (χ0v) is 27.9. The van der Waals surface area contributed by atoms with Gasteiger partial charge in [0.05, 0.1) is 6.04 Å². The molecule has 1 saturated heterocycles. The Morgan fingerprint density at radius 3 is 2.12 bits per heavy atom. The van der Waals surface area contributed by atoms with E-state index < -0.39 is 0 Å². The molecular formula is C37H42N8O4. The van der Waals surface area contributed by atoms with Crippen molar-refractivity contribution in [2.75, 3.05) is 45.2 Å². The van der Waals surface area contributed by atoms with E-state index in [1.54, 1.807) is 34.1 Å². The zero-order chi connectivity index (χ0) is 33.7. The Hall–Kier alpha value is -5.07. The Morgan fingerprint density at radius 1 is 0.816 bits per heavy atom. The van der Waals surface area contributed by atoms with Gasteiger partial charge in [-0.2, -0.15) is 5.10 Å². The van der Waals surface area contributed by atoms with E-state index in [0.717, 1.165) is 12.3 Å². The van der Waals surface area contributed by atoms with E-state index in [2.05, 4.69) is 44.1 Å².